The molecule has 148 valence electrons. The summed E-state index contributed by atoms with van der Waals surface area (Å²) < 4.78 is 34.4. The number of benzene rings is 2. The molecule has 0 saturated carbocycles. The molecule has 1 atom stereocenters. The Kier molecular flexibility index (Phi) is 4.53. The van der Waals surface area contributed by atoms with Crippen LogP contribution in [0.1, 0.15) is 51.0 Å². The Morgan fingerprint density at radius 1 is 1.07 bits per heavy atom. The lowest BCUT2D eigenvalue weighted by Gasteiger charge is -2.19. The van der Waals surface area contributed by atoms with Gasteiger partial charge < -0.3 is 4.42 Å². The van der Waals surface area contributed by atoms with Gasteiger partial charge in [0.15, 0.2) is 0 Å². The van der Waals surface area contributed by atoms with E-state index in [9.17, 15) is 8.42 Å². The first-order valence-corrected chi connectivity index (χ1v) is 11.3. The quantitative estimate of drug-likeness (QED) is 0.621. The van der Waals surface area contributed by atoms with Gasteiger partial charge in [0.25, 0.3) is 10.0 Å². The zero-order valence-corrected chi connectivity index (χ0v) is 17.7. The molecule has 28 heavy (non-hydrogen) atoms. The van der Waals surface area contributed by atoms with E-state index in [0.29, 0.717) is 11.6 Å². The summed E-state index contributed by atoms with van der Waals surface area (Å²) in [5.74, 6) is 1.67. The van der Waals surface area contributed by atoms with Crippen molar-refractivity contribution in [3.05, 3.63) is 59.4 Å². The highest BCUT2D eigenvalue weighted by Crippen LogP contribution is 2.35. The van der Waals surface area contributed by atoms with Crippen molar-refractivity contribution in [1.82, 2.24) is 0 Å². The highest BCUT2D eigenvalue weighted by molar-refractivity contribution is 7.92. The third kappa shape index (κ3) is 3.55. The second-order valence-electron chi connectivity index (χ2n) is 8.94. The summed E-state index contributed by atoms with van der Waals surface area (Å²) >= 11 is 0. The van der Waals surface area contributed by atoms with Gasteiger partial charge in [-0.3, -0.25) is 4.72 Å². The molecule has 0 bridgehead atoms. The number of aryl methyl sites for hydroxylation is 1. The molecule has 1 unspecified atom stereocenters. The van der Waals surface area contributed by atoms with Crippen molar-refractivity contribution >= 4 is 26.7 Å². The van der Waals surface area contributed by atoms with Crippen LogP contribution in [0.4, 0.5) is 5.69 Å². The molecule has 0 saturated heterocycles. The zero-order valence-electron chi connectivity index (χ0n) is 16.9. The lowest BCUT2D eigenvalue weighted by Crippen LogP contribution is -2.15. The lowest BCUT2D eigenvalue weighted by atomic mass is 9.87. The molecular formula is C23H27NO3S. The predicted octanol–water partition coefficient (Wildman–Crippen LogP) is 5.66. The van der Waals surface area contributed by atoms with Gasteiger partial charge in [0.1, 0.15) is 11.3 Å². The van der Waals surface area contributed by atoms with Crippen LogP contribution in [-0.2, 0) is 28.3 Å². The highest BCUT2D eigenvalue weighted by atomic mass is 32.2. The Balaban J connectivity index is 1.64. The smallest absolute Gasteiger partial charge is 0.261 e. The Hall–Kier alpha value is -2.27. The van der Waals surface area contributed by atoms with E-state index >= 15 is 0 Å². The average Bonchev–Trinajstić information content (AvgIpc) is 2.98. The molecule has 0 radical (unpaired) electrons. The number of rotatable bonds is 3. The summed E-state index contributed by atoms with van der Waals surface area (Å²) in [4.78, 5) is 0.267. The van der Waals surface area contributed by atoms with Crippen LogP contribution in [0.2, 0.25) is 0 Å². The van der Waals surface area contributed by atoms with Crippen LogP contribution in [0.3, 0.4) is 0 Å². The van der Waals surface area contributed by atoms with Gasteiger partial charge in [-0.25, -0.2) is 8.42 Å². The largest absolute Gasteiger partial charge is 0.461 e. The standard InChI is InChI=1S/C23H27NO3S/c1-15-5-11-21-19(13-15)20-14-17(8-12-22(20)27-21)24-28(25,26)18-9-6-16(7-10-18)23(2,3)4/h6-10,12,14-15,24H,5,11,13H2,1-4H3. The van der Waals surface area contributed by atoms with Crippen LogP contribution in [0.15, 0.2) is 51.8 Å². The fraction of sp³-hybridized carbons (Fsp3) is 0.391. The van der Waals surface area contributed by atoms with E-state index in [2.05, 4.69) is 32.4 Å². The maximum absolute atomic E-state index is 12.8. The molecule has 4 nitrogen and oxygen atoms in total. The van der Waals surface area contributed by atoms with Gasteiger partial charge in [0.05, 0.1) is 4.90 Å². The van der Waals surface area contributed by atoms with Crippen molar-refractivity contribution in [3.63, 3.8) is 0 Å². The highest BCUT2D eigenvalue weighted by Gasteiger charge is 2.23. The van der Waals surface area contributed by atoms with Gasteiger partial charge in [-0.05, 0) is 60.1 Å². The Bertz CT molecular complexity index is 1120. The minimum absolute atomic E-state index is 0.0156. The van der Waals surface area contributed by atoms with Crippen LogP contribution >= 0.6 is 0 Å². The van der Waals surface area contributed by atoms with Crippen molar-refractivity contribution < 1.29 is 12.8 Å². The van der Waals surface area contributed by atoms with Crippen molar-refractivity contribution in [3.8, 4) is 0 Å². The van der Waals surface area contributed by atoms with E-state index in [1.165, 1.54) is 5.56 Å². The second kappa shape index (κ2) is 6.66. The number of hydrogen-bond donors (Lipinski definition) is 1. The molecule has 2 aromatic carbocycles. The molecule has 0 spiro atoms. The third-order valence-electron chi connectivity index (χ3n) is 5.57. The zero-order chi connectivity index (χ0) is 20.1. The van der Waals surface area contributed by atoms with Crippen molar-refractivity contribution in [2.24, 2.45) is 5.92 Å². The molecule has 1 aromatic heterocycles. The first-order chi connectivity index (χ1) is 13.1. The maximum atomic E-state index is 12.8. The summed E-state index contributed by atoms with van der Waals surface area (Å²) in [6.07, 6.45) is 3.07. The van der Waals surface area contributed by atoms with Crippen LogP contribution < -0.4 is 4.72 Å². The topological polar surface area (TPSA) is 59.3 Å². The normalized spacial score (nSPS) is 17.5. The summed E-state index contributed by atoms with van der Waals surface area (Å²) in [6.45, 7) is 8.57. The fourth-order valence-electron chi connectivity index (χ4n) is 3.86. The molecule has 1 aliphatic carbocycles. The third-order valence-corrected chi connectivity index (χ3v) is 6.97. The molecule has 5 heteroatoms. The minimum Gasteiger partial charge on any atom is -0.461 e. The number of fused-ring (bicyclic) bond motifs is 3. The lowest BCUT2D eigenvalue weighted by molar-refractivity contribution is 0.438. The fourth-order valence-corrected chi connectivity index (χ4v) is 4.91. The molecule has 1 N–H and O–H groups in total. The average molecular weight is 398 g/mol. The first-order valence-electron chi connectivity index (χ1n) is 9.81. The Morgan fingerprint density at radius 2 is 1.79 bits per heavy atom. The van der Waals surface area contributed by atoms with Gasteiger partial charge in [-0.15, -0.1) is 0 Å². The van der Waals surface area contributed by atoms with E-state index in [4.69, 9.17) is 4.42 Å². The van der Waals surface area contributed by atoms with Crippen molar-refractivity contribution in [1.29, 1.82) is 0 Å². The van der Waals surface area contributed by atoms with Gasteiger partial charge in [-0.2, -0.15) is 0 Å². The van der Waals surface area contributed by atoms with E-state index < -0.39 is 10.0 Å². The van der Waals surface area contributed by atoms with E-state index in [0.717, 1.165) is 41.6 Å². The van der Waals surface area contributed by atoms with Crippen molar-refractivity contribution in [2.45, 2.75) is 57.3 Å². The number of nitrogens with one attached hydrogen (secondary N) is 1. The second-order valence-corrected chi connectivity index (χ2v) is 10.6. The number of furan rings is 1. The SMILES string of the molecule is CC1CCc2oc3ccc(NS(=O)(=O)c4ccc(C(C)(C)C)cc4)cc3c2C1. The number of anilines is 1. The monoisotopic (exact) mass is 397 g/mol. The molecule has 0 fully saturated rings. The molecular weight excluding hydrogens is 370 g/mol. The van der Waals surface area contributed by atoms with Crippen molar-refractivity contribution in [2.75, 3.05) is 4.72 Å². The van der Waals surface area contributed by atoms with Crippen LogP contribution in [0.5, 0.6) is 0 Å². The maximum Gasteiger partial charge on any atom is 0.261 e. The van der Waals surface area contributed by atoms with Crippen LogP contribution in [0, 0.1) is 5.92 Å². The molecule has 1 heterocycles. The molecule has 3 aromatic rings. The van der Waals surface area contributed by atoms with Gasteiger partial charge in [0.2, 0.25) is 0 Å². The van der Waals surface area contributed by atoms with E-state index in [1.807, 2.05) is 24.3 Å². The summed E-state index contributed by atoms with van der Waals surface area (Å²) in [7, 11) is -3.64. The van der Waals surface area contributed by atoms with Crippen LogP contribution in [-0.4, -0.2) is 8.42 Å². The van der Waals surface area contributed by atoms with Gasteiger partial charge in [0, 0.05) is 23.1 Å². The predicted molar refractivity (Wildman–Crippen MR) is 113 cm³/mol. The summed E-state index contributed by atoms with van der Waals surface area (Å²) in [6, 6.07) is 12.6. The molecule has 1 aliphatic rings. The summed E-state index contributed by atoms with van der Waals surface area (Å²) in [5, 5.41) is 1.02. The first kappa shape index (κ1) is 19.1. The molecule has 4 rings (SSSR count). The Morgan fingerprint density at radius 3 is 2.46 bits per heavy atom. The number of hydrogen-bond acceptors (Lipinski definition) is 3. The van der Waals surface area contributed by atoms with Crippen LogP contribution in [0.25, 0.3) is 11.0 Å². The number of sulfonamides is 1. The minimum atomic E-state index is -3.64. The molecule has 0 amide bonds. The van der Waals surface area contributed by atoms with Gasteiger partial charge in [-0.1, -0.05) is 39.8 Å². The van der Waals surface area contributed by atoms with E-state index in [-0.39, 0.29) is 10.3 Å². The Labute approximate surface area is 167 Å². The van der Waals surface area contributed by atoms with Gasteiger partial charge >= 0.3 is 0 Å². The summed E-state index contributed by atoms with van der Waals surface area (Å²) in [5.41, 5.74) is 3.71. The molecule has 0 aliphatic heterocycles. The van der Waals surface area contributed by atoms with E-state index in [1.54, 1.807) is 18.2 Å².